The third kappa shape index (κ3) is 5.19. The highest BCUT2D eigenvalue weighted by molar-refractivity contribution is 7.92. The van der Waals surface area contributed by atoms with Crippen LogP contribution in [0.25, 0.3) is 32.7 Å². The second-order valence-corrected chi connectivity index (χ2v) is 9.91. The number of sulfonamides is 1. The number of fused-ring (bicyclic) bond motifs is 4. The fourth-order valence-electron chi connectivity index (χ4n) is 4.05. The number of anilines is 4. The average molecular weight is 530 g/mol. The minimum Gasteiger partial charge on any atom is -0.376 e. The maximum Gasteiger partial charge on any atom is 0.229 e. The Morgan fingerprint density at radius 1 is 0.857 bits per heavy atom. The van der Waals surface area contributed by atoms with Gasteiger partial charge in [0.15, 0.2) is 0 Å². The summed E-state index contributed by atoms with van der Waals surface area (Å²) in [5.41, 5.74) is 5.67. The summed E-state index contributed by atoms with van der Waals surface area (Å²) in [6.45, 7) is 0. The summed E-state index contributed by atoms with van der Waals surface area (Å²) >= 11 is 0. The molecule has 7 nitrogen and oxygen atoms in total. The number of nitrogens with zero attached hydrogens (tertiary/aromatic N) is 3. The molecule has 0 radical (unpaired) electrons. The summed E-state index contributed by atoms with van der Waals surface area (Å²) < 4.78 is 26.0. The first-order valence-electron chi connectivity index (χ1n) is 10.4. The third-order valence-electron chi connectivity index (χ3n) is 5.47. The molecule has 0 saturated carbocycles. The Bertz CT molecular complexity index is 1640. The van der Waals surface area contributed by atoms with Crippen LogP contribution in [0.1, 0.15) is 0 Å². The molecule has 0 bridgehead atoms. The van der Waals surface area contributed by atoms with E-state index in [1.54, 1.807) is 12.3 Å². The first-order valence-corrected chi connectivity index (χ1v) is 12.3. The number of pyridine rings is 2. The van der Waals surface area contributed by atoms with Crippen molar-refractivity contribution in [3.8, 4) is 0 Å². The number of nitrogens with one attached hydrogen (secondary N) is 2. The maximum atomic E-state index is 11.7. The molecule has 182 valence electrons. The number of hydrogen-bond donors (Lipinski definition) is 2. The van der Waals surface area contributed by atoms with Crippen LogP contribution in [-0.4, -0.2) is 38.7 Å². The first kappa shape index (κ1) is 26.3. The molecule has 0 aliphatic carbocycles. The standard InChI is InChI=1S/C25H23N5O2S.2ClH/c1-30(2)22-15-17(29-33(3,31)32)11-13-21(22)28-24-18-8-4-5-9-20(18)27-25-19(24)12-10-16-7-6-14-26-23(16)25;;/h4-15,29H,1-3H3,(H,27,28);2*1H. The van der Waals surface area contributed by atoms with E-state index < -0.39 is 10.0 Å². The van der Waals surface area contributed by atoms with E-state index in [9.17, 15) is 8.42 Å². The number of halogens is 2. The molecule has 5 aromatic rings. The maximum absolute atomic E-state index is 11.7. The van der Waals surface area contributed by atoms with Crippen LogP contribution in [-0.2, 0) is 10.0 Å². The molecule has 0 atom stereocenters. The molecule has 0 unspecified atom stereocenters. The highest BCUT2D eigenvalue weighted by Gasteiger charge is 2.15. The van der Waals surface area contributed by atoms with Crippen LogP contribution in [0.15, 0.2) is 72.9 Å². The number of aromatic nitrogens is 2. The van der Waals surface area contributed by atoms with E-state index in [0.717, 1.165) is 56.0 Å². The normalized spacial score (nSPS) is 11.1. The largest absolute Gasteiger partial charge is 0.376 e. The van der Waals surface area contributed by atoms with Crippen LogP contribution in [0.4, 0.5) is 22.7 Å². The summed E-state index contributed by atoms with van der Waals surface area (Å²) in [6.07, 6.45) is 2.92. The van der Waals surface area contributed by atoms with Gasteiger partial charge in [0.05, 0.1) is 45.6 Å². The first-order chi connectivity index (χ1) is 15.8. The Balaban J connectivity index is 0.00000171. The summed E-state index contributed by atoms with van der Waals surface area (Å²) in [6, 6.07) is 21.5. The molecule has 0 fully saturated rings. The lowest BCUT2D eigenvalue weighted by molar-refractivity contribution is 0.607. The van der Waals surface area contributed by atoms with Gasteiger partial charge in [-0.1, -0.05) is 30.3 Å². The molecule has 0 spiro atoms. The second kappa shape index (κ2) is 10.1. The Labute approximate surface area is 216 Å². The monoisotopic (exact) mass is 529 g/mol. The summed E-state index contributed by atoms with van der Waals surface area (Å²) in [5, 5.41) is 6.59. The molecular weight excluding hydrogens is 505 g/mol. The van der Waals surface area contributed by atoms with Gasteiger partial charge in [0.2, 0.25) is 10.0 Å². The Morgan fingerprint density at radius 3 is 2.37 bits per heavy atom. The number of hydrogen-bond acceptors (Lipinski definition) is 6. The molecular formula is C25H25Cl2N5O2S. The Hall–Kier alpha value is -3.33. The fourth-order valence-corrected chi connectivity index (χ4v) is 4.60. The second-order valence-electron chi connectivity index (χ2n) is 8.17. The molecule has 3 aromatic carbocycles. The van der Waals surface area contributed by atoms with Gasteiger partial charge in [0.1, 0.15) is 0 Å². The molecule has 2 aromatic heterocycles. The predicted molar refractivity (Wildman–Crippen MR) is 152 cm³/mol. The molecule has 0 aliphatic rings. The molecule has 10 heteroatoms. The van der Waals surface area contributed by atoms with Gasteiger partial charge in [0.25, 0.3) is 0 Å². The highest BCUT2D eigenvalue weighted by Crippen LogP contribution is 2.38. The minimum atomic E-state index is -3.37. The zero-order chi connectivity index (χ0) is 23.2. The third-order valence-corrected chi connectivity index (χ3v) is 6.07. The van der Waals surface area contributed by atoms with Gasteiger partial charge in [-0.3, -0.25) is 9.71 Å². The lowest BCUT2D eigenvalue weighted by Crippen LogP contribution is -2.14. The van der Waals surface area contributed by atoms with E-state index in [2.05, 4.69) is 27.2 Å². The number of rotatable bonds is 5. The van der Waals surface area contributed by atoms with Gasteiger partial charge >= 0.3 is 0 Å². The lowest BCUT2D eigenvalue weighted by Gasteiger charge is -2.21. The van der Waals surface area contributed by atoms with Crippen molar-refractivity contribution >= 4 is 90.3 Å². The van der Waals surface area contributed by atoms with Crippen molar-refractivity contribution in [3.63, 3.8) is 0 Å². The van der Waals surface area contributed by atoms with Crippen LogP contribution in [0.5, 0.6) is 0 Å². The summed E-state index contributed by atoms with van der Waals surface area (Å²) in [7, 11) is 0.469. The zero-order valence-corrected chi connectivity index (χ0v) is 21.8. The number of para-hydroxylation sites is 1. The van der Waals surface area contributed by atoms with Crippen LogP contribution >= 0.6 is 24.8 Å². The molecule has 0 saturated heterocycles. The predicted octanol–water partition coefficient (Wildman–Crippen LogP) is 5.96. The van der Waals surface area contributed by atoms with E-state index >= 15 is 0 Å². The molecule has 0 aliphatic heterocycles. The van der Waals surface area contributed by atoms with Crippen LogP contribution in [0, 0.1) is 0 Å². The van der Waals surface area contributed by atoms with Crippen LogP contribution < -0.4 is 14.9 Å². The van der Waals surface area contributed by atoms with Crippen molar-refractivity contribution in [2.24, 2.45) is 0 Å². The van der Waals surface area contributed by atoms with E-state index in [4.69, 9.17) is 4.98 Å². The van der Waals surface area contributed by atoms with Crippen molar-refractivity contribution < 1.29 is 8.42 Å². The van der Waals surface area contributed by atoms with Crippen molar-refractivity contribution in [2.75, 3.05) is 35.3 Å². The molecule has 2 heterocycles. The highest BCUT2D eigenvalue weighted by atomic mass is 35.5. The van der Waals surface area contributed by atoms with E-state index in [0.29, 0.717) is 5.69 Å². The van der Waals surface area contributed by atoms with Crippen molar-refractivity contribution in [3.05, 3.63) is 72.9 Å². The molecule has 35 heavy (non-hydrogen) atoms. The number of benzene rings is 3. The SMILES string of the molecule is CN(C)c1cc(NS(C)(=O)=O)ccc1Nc1c2ccccc2nc2c1ccc1cccnc12.Cl.Cl. The lowest BCUT2D eigenvalue weighted by atomic mass is 10.0. The van der Waals surface area contributed by atoms with Crippen molar-refractivity contribution in [2.45, 2.75) is 0 Å². The van der Waals surface area contributed by atoms with E-state index in [1.165, 1.54) is 0 Å². The summed E-state index contributed by atoms with van der Waals surface area (Å²) in [4.78, 5) is 11.5. The fraction of sp³-hybridized carbons (Fsp3) is 0.120. The average Bonchev–Trinajstić information content (AvgIpc) is 2.78. The minimum absolute atomic E-state index is 0. The molecule has 5 rings (SSSR count). The molecule has 0 amide bonds. The van der Waals surface area contributed by atoms with E-state index in [-0.39, 0.29) is 24.8 Å². The van der Waals surface area contributed by atoms with Gasteiger partial charge < -0.3 is 10.2 Å². The smallest absolute Gasteiger partial charge is 0.229 e. The van der Waals surface area contributed by atoms with Gasteiger partial charge in [-0.25, -0.2) is 13.4 Å². The van der Waals surface area contributed by atoms with Gasteiger partial charge in [-0.2, -0.15) is 0 Å². The van der Waals surface area contributed by atoms with Gasteiger partial charge in [-0.05, 0) is 36.4 Å². The Morgan fingerprint density at radius 2 is 1.63 bits per heavy atom. The van der Waals surface area contributed by atoms with Crippen molar-refractivity contribution in [1.82, 2.24) is 9.97 Å². The zero-order valence-electron chi connectivity index (χ0n) is 19.3. The van der Waals surface area contributed by atoms with Crippen molar-refractivity contribution in [1.29, 1.82) is 0 Å². The Kier molecular flexibility index (Phi) is 7.59. The quantitative estimate of drug-likeness (QED) is 0.215. The van der Waals surface area contributed by atoms with Crippen LogP contribution in [0.3, 0.4) is 0 Å². The summed E-state index contributed by atoms with van der Waals surface area (Å²) in [5.74, 6) is 0. The topological polar surface area (TPSA) is 87.2 Å². The van der Waals surface area contributed by atoms with Crippen LogP contribution in [0.2, 0.25) is 0 Å². The van der Waals surface area contributed by atoms with Gasteiger partial charge in [-0.15, -0.1) is 24.8 Å². The van der Waals surface area contributed by atoms with Gasteiger partial charge in [0, 0.05) is 36.5 Å². The van der Waals surface area contributed by atoms with E-state index in [1.807, 2.05) is 67.5 Å². The molecule has 2 N–H and O–H groups in total.